The third-order valence-electron chi connectivity index (χ3n) is 5.77. The Hall–Kier alpha value is -2.88. The number of rotatable bonds is 10. The molecule has 1 unspecified atom stereocenters. The van der Waals surface area contributed by atoms with E-state index >= 15 is 0 Å². The first-order valence-corrected chi connectivity index (χ1v) is 11.1. The van der Waals surface area contributed by atoms with Gasteiger partial charge in [0.05, 0.1) is 6.61 Å². The number of benzene rings is 2. The maximum Gasteiger partial charge on any atom is 0.231 e. The molecule has 0 aliphatic carbocycles. The predicted molar refractivity (Wildman–Crippen MR) is 120 cm³/mol. The van der Waals surface area contributed by atoms with Crippen molar-refractivity contribution in [2.24, 2.45) is 0 Å². The normalized spacial score (nSPS) is 19.0. The molecule has 1 N–H and O–H groups in total. The predicted octanol–water partition coefficient (Wildman–Crippen LogP) is 6.07. The van der Waals surface area contributed by atoms with Crippen molar-refractivity contribution in [2.75, 3.05) is 13.4 Å². The lowest BCUT2D eigenvalue weighted by Crippen LogP contribution is -2.39. The number of unbranched alkanes of at least 4 members (excludes halogenated alkanes) is 5. The molecule has 4 heteroatoms. The fraction of sp³-hybridized carbons (Fsp3) is 0.385. The lowest BCUT2D eigenvalue weighted by Gasteiger charge is -2.34. The summed E-state index contributed by atoms with van der Waals surface area (Å²) in [5, 5.41) is 3.55. The molecule has 4 rings (SSSR count). The molecule has 2 aromatic carbocycles. The standard InChI is InChI=1S/C26H31NO3/c1-2-3-4-5-6-9-18-28-23-13-10-21(11-14-23)26(16-7-8-17-27-26)22-12-15-24-25(19-22)30-20-29-24/h7-8,10-17,19,27H,2-6,9,18,20H2,1H3. The van der Waals surface area contributed by atoms with Crippen LogP contribution in [0, 0.1) is 0 Å². The van der Waals surface area contributed by atoms with Gasteiger partial charge in [-0.15, -0.1) is 0 Å². The molecule has 2 aliphatic heterocycles. The van der Waals surface area contributed by atoms with Crippen molar-refractivity contribution in [1.82, 2.24) is 5.32 Å². The Bertz CT molecular complexity index is 888. The van der Waals surface area contributed by atoms with Gasteiger partial charge in [0.15, 0.2) is 11.5 Å². The van der Waals surface area contributed by atoms with Gasteiger partial charge in [0.2, 0.25) is 6.79 Å². The van der Waals surface area contributed by atoms with Crippen LogP contribution in [0.2, 0.25) is 0 Å². The number of hydrogen-bond donors (Lipinski definition) is 1. The van der Waals surface area contributed by atoms with E-state index < -0.39 is 5.54 Å². The van der Waals surface area contributed by atoms with Crippen LogP contribution in [0.4, 0.5) is 0 Å². The minimum absolute atomic E-state index is 0.277. The Kier molecular flexibility index (Phi) is 6.63. The summed E-state index contributed by atoms with van der Waals surface area (Å²) in [4.78, 5) is 0. The minimum Gasteiger partial charge on any atom is -0.494 e. The maximum absolute atomic E-state index is 5.97. The molecule has 30 heavy (non-hydrogen) atoms. The van der Waals surface area contributed by atoms with E-state index in [2.05, 4.69) is 60.8 Å². The van der Waals surface area contributed by atoms with Crippen molar-refractivity contribution in [1.29, 1.82) is 0 Å². The molecule has 158 valence electrons. The van der Waals surface area contributed by atoms with Crippen LogP contribution in [-0.4, -0.2) is 13.4 Å². The van der Waals surface area contributed by atoms with E-state index in [4.69, 9.17) is 14.2 Å². The van der Waals surface area contributed by atoms with Gasteiger partial charge in [-0.1, -0.05) is 69.4 Å². The molecular weight excluding hydrogens is 374 g/mol. The zero-order valence-electron chi connectivity index (χ0n) is 17.7. The molecule has 0 radical (unpaired) electrons. The smallest absolute Gasteiger partial charge is 0.231 e. The van der Waals surface area contributed by atoms with Crippen molar-refractivity contribution < 1.29 is 14.2 Å². The topological polar surface area (TPSA) is 39.7 Å². The van der Waals surface area contributed by atoms with Crippen LogP contribution in [-0.2, 0) is 5.54 Å². The number of fused-ring (bicyclic) bond motifs is 1. The monoisotopic (exact) mass is 405 g/mol. The number of ether oxygens (including phenoxy) is 3. The first kappa shape index (κ1) is 20.4. The second-order valence-electron chi connectivity index (χ2n) is 7.88. The highest BCUT2D eigenvalue weighted by molar-refractivity contribution is 5.53. The molecule has 0 aromatic heterocycles. The number of hydrogen-bond acceptors (Lipinski definition) is 4. The second kappa shape index (κ2) is 9.75. The third kappa shape index (κ3) is 4.48. The molecule has 0 amide bonds. The van der Waals surface area contributed by atoms with Gasteiger partial charge in [0, 0.05) is 0 Å². The minimum atomic E-state index is -0.451. The SMILES string of the molecule is CCCCCCCCOc1ccc(C2(c3ccc4c(c3)OCO4)C=CC=CN2)cc1. The van der Waals surface area contributed by atoms with Crippen LogP contribution >= 0.6 is 0 Å². The Labute approximate surface area is 179 Å². The van der Waals surface area contributed by atoms with E-state index in [9.17, 15) is 0 Å². The van der Waals surface area contributed by atoms with Crippen LogP contribution < -0.4 is 19.5 Å². The molecular formula is C26H31NO3. The molecule has 0 saturated carbocycles. The van der Waals surface area contributed by atoms with E-state index in [0.717, 1.165) is 41.4 Å². The average molecular weight is 406 g/mol. The van der Waals surface area contributed by atoms with Crippen LogP contribution in [0.1, 0.15) is 56.6 Å². The summed E-state index contributed by atoms with van der Waals surface area (Å²) in [5.74, 6) is 2.50. The van der Waals surface area contributed by atoms with Crippen LogP contribution in [0.5, 0.6) is 17.2 Å². The lowest BCUT2D eigenvalue weighted by atomic mass is 9.81. The van der Waals surface area contributed by atoms with Gasteiger partial charge in [-0.25, -0.2) is 0 Å². The van der Waals surface area contributed by atoms with Gasteiger partial charge in [-0.2, -0.15) is 0 Å². The van der Waals surface area contributed by atoms with Gasteiger partial charge < -0.3 is 19.5 Å². The largest absolute Gasteiger partial charge is 0.494 e. The third-order valence-corrected chi connectivity index (χ3v) is 5.77. The Balaban J connectivity index is 1.44. The summed E-state index contributed by atoms with van der Waals surface area (Å²) < 4.78 is 17.0. The fourth-order valence-corrected chi connectivity index (χ4v) is 4.04. The van der Waals surface area contributed by atoms with E-state index in [1.807, 2.05) is 18.3 Å². The van der Waals surface area contributed by atoms with E-state index in [1.165, 1.54) is 32.1 Å². The summed E-state index contributed by atoms with van der Waals surface area (Å²) in [6.45, 7) is 3.30. The summed E-state index contributed by atoms with van der Waals surface area (Å²) in [5.41, 5.74) is 1.80. The first-order valence-electron chi connectivity index (χ1n) is 11.1. The maximum atomic E-state index is 5.97. The molecule has 0 fully saturated rings. The van der Waals surface area contributed by atoms with Crippen molar-refractivity contribution >= 4 is 0 Å². The molecule has 2 heterocycles. The average Bonchev–Trinajstić information content (AvgIpc) is 3.27. The van der Waals surface area contributed by atoms with Crippen LogP contribution in [0.3, 0.4) is 0 Å². The quantitative estimate of drug-likeness (QED) is 0.487. The summed E-state index contributed by atoms with van der Waals surface area (Å²) in [6, 6.07) is 14.5. The molecule has 0 spiro atoms. The Morgan fingerprint density at radius 1 is 0.867 bits per heavy atom. The Morgan fingerprint density at radius 2 is 1.63 bits per heavy atom. The fourth-order valence-electron chi connectivity index (χ4n) is 4.04. The first-order chi connectivity index (χ1) is 14.8. The molecule has 1 atom stereocenters. The summed E-state index contributed by atoms with van der Waals surface area (Å²) in [6.07, 6.45) is 15.9. The highest BCUT2D eigenvalue weighted by atomic mass is 16.7. The zero-order valence-corrected chi connectivity index (χ0v) is 17.7. The molecule has 0 saturated heterocycles. The number of allylic oxidation sites excluding steroid dienone is 2. The van der Waals surface area contributed by atoms with Crippen LogP contribution in [0.25, 0.3) is 0 Å². The molecule has 0 bridgehead atoms. The lowest BCUT2D eigenvalue weighted by molar-refractivity contribution is 0.174. The highest BCUT2D eigenvalue weighted by Gasteiger charge is 2.33. The van der Waals surface area contributed by atoms with E-state index in [-0.39, 0.29) is 6.79 Å². The van der Waals surface area contributed by atoms with E-state index in [1.54, 1.807) is 0 Å². The van der Waals surface area contributed by atoms with Crippen molar-refractivity contribution in [3.8, 4) is 17.2 Å². The molecule has 2 aliphatic rings. The number of nitrogens with one attached hydrogen (secondary N) is 1. The Morgan fingerprint density at radius 3 is 2.43 bits per heavy atom. The zero-order chi connectivity index (χ0) is 20.7. The highest BCUT2D eigenvalue weighted by Crippen LogP contribution is 2.40. The summed E-state index contributed by atoms with van der Waals surface area (Å²) >= 11 is 0. The van der Waals surface area contributed by atoms with Gasteiger partial charge in [-0.3, -0.25) is 0 Å². The number of dihydropyridines is 1. The molecule has 4 nitrogen and oxygen atoms in total. The van der Waals surface area contributed by atoms with Gasteiger partial charge >= 0.3 is 0 Å². The van der Waals surface area contributed by atoms with Gasteiger partial charge in [-0.05, 0) is 54.1 Å². The van der Waals surface area contributed by atoms with Crippen LogP contribution in [0.15, 0.2) is 66.9 Å². The van der Waals surface area contributed by atoms with Gasteiger partial charge in [0.25, 0.3) is 0 Å². The van der Waals surface area contributed by atoms with E-state index in [0.29, 0.717) is 0 Å². The summed E-state index contributed by atoms with van der Waals surface area (Å²) in [7, 11) is 0. The van der Waals surface area contributed by atoms with Gasteiger partial charge in [0.1, 0.15) is 11.3 Å². The second-order valence-corrected chi connectivity index (χ2v) is 7.88. The van der Waals surface area contributed by atoms with Crippen molar-refractivity contribution in [3.05, 3.63) is 78.0 Å². The van der Waals surface area contributed by atoms with Crippen molar-refractivity contribution in [3.63, 3.8) is 0 Å². The van der Waals surface area contributed by atoms with Crippen molar-refractivity contribution in [2.45, 2.75) is 51.0 Å². The molecule has 2 aromatic rings.